The summed E-state index contributed by atoms with van der Waals surface area (Å²) >= 11 is 0. The van der Waals surface area contributed by atoms with Crippen molar-refractivity contribution in [2.45, 2.75) is 44.9 Å². The third kappa shape index (κ3) is 6.49. The molecule has 0 spiro atoms. The van der Waals surface area contributed by atoms with Gasteiger partial charge in [0.15, 0.2) is 0 Å². The smallest absolute Gasteiger partial charge is 0.247 e. The summed E-state index contributed by atoms with van der Waals surface area (Å²) < 4.78 is 21.1. The van der Waals surface area contributed by atoms with E-state index in [1.165, 1.54) is 12.1 Å². The number of aromatic nitrogens is 3. The van der Waals surface area contributed by atoms with Gasteiger partial charge in [-0.2, -0.15) is 0 Å². The Labute approximate surface area is 226 Å². The lowest BCUT2D eigenvalue weighted by Gasteiger charge is -2.32. The molecule has 9 heteroatoms. The van der Waals surface area contributed by atoms with Crippen molar-refractivity contribution < 1.29 is 18.7 Å². The summed E-state index contributed by atoms with van der Waals surface area (Å²) in [5, 5.41) is 11.3. The summed E-state index contributed by atoms with van der Waals surface area (Å²) in [7, 11) is 0. The summed E-state index contributed by atoms with van der Waals surface area (Å²) in [6, 6.07) is 20.3. The molecule has 0 radical (unpaired) electrons. The number of hydrogen-bond donors (Lipinski definition) is 1. The lowest BCUT2D eigenvalue weighted by atomic mass is 10.0. The van der Waals surface area contributed by atoms with Gasteiger partial charge in [0.05, 0.1) is 11.6 Å². The zero-order valence-corrected chi connectivity index (χ0v) is 21.9. The van der Waals surface area contributed by atoms with E-state index in [9.17, 15) is 14.0 Å². The Bertz CT molecular complexity index is 1430. The summed E-state index contributed by atoms with van der Waals surface area (Å²) in [5.74, 6) is -1.04. The largest absolute Gasteiger partial charge is 0.376 e. The number of nitrogens with one attached hydrogen (secondary N) is 1. The monoisotopic (exact) mass is 529 g/mol. The first-order valence-electron chi connectivity index (χ1n) is 13.3. The normalized spacial score (nSPS) is 15.8. The van der Waals surface area contributed by atoms with Crippen LogP contribution in [0.15, 0.2) is 72.8 Å². The number of nitrogens with zero attached hydrogens (tertiary/aromatic N) is 4. The van der Waals surface area contributed by atoms with E-state index in [2.05, 4.69) is 21.7 Å². The van der Waals surface area contributed by atoms with Gasteiger partial charge in [-0.15, -0.1) is 5.10 Å². The van der Waals surface area contributed by atoms with E-state index in [-0.39, 0.29) is 31.0 Å². The molecule has 2 amide bonds. The predicted molar refractivity (Wildman–Crippen MR) is 145 cm³/mol. The molecule has 0 aliphatic carbocycles. The number of benzene rings is 3. The average Bonchev–Trinajstić information content (AvgIpc) is 3.61. The molecular formula is C30H32FN5O3. The molecule has 1 saturated heterocycles. The van der Waals surface area contributed by atoms with Crippen LogP contribution in [0.3, 0.4) is 0 Å². The third-order valence-electron chi connectivity index (χ3n) is 7.02. The first-order valence-corrected chi connectivity index (χ1v) is 13.3. The van der Waals surface area contributed by atoms with Gasteiger partial charge in [-0.3, -0.25) is 9.59 Å². The SMILES string of the molecule is Cc1cccc(CCN(C(=O)Cn2nnc3ccccc32)[C@H](C(=O)NC[C@H]2CCCO2)c2ccc(F)cc2)c1. The van der Waals surface area contributed by atoms with E-state index in [4.69, 9.17) is 4.74 Å². The van der Waals surface area contributed by atoms with E-state index < -0.39 is 11.9 Å². The number of fused-ring (bicyclic) bond motifs is 1. The second-order valence-electron chi connectivity index (χ2n) is 9.90. The van der Waals surface area contributed by atoms with Crippen molar-refractivity contribution in [3.63, 3.8) is 0 Å². The predicted octanol–water partition coefficient (Wildman–Crippen LogP) is 3.99. The fourth-order valence-corrected chi connectivity index (χ4v) is 5.00. The quantitative estimate of drug-likeness (QED) is 0.336. The van der Waals surface area contributed by atoms with E-state index in [0.717, 1.165) is 29.5 Å². The molecule has 0 bridgehead atoms. The minimum atomic E-state index is -0.959. The van der Waals surface area contributed by atoms with Crippen LogP contribution in [0.1, 0.15) is 35.6 Å². The molecule has 2 heterocycles. The molecule has 2 atom stereocenters. The van der Waals surface area contributed by atoms with Gasteiger partial charge in [-0.25, -0.2) is 9.07 Å². The number of ether oxygens (including phenoxy) is 1. The molecule has 4 aromatic rings. The number of para-hydroxylation sites is 1. The van der Waals surface area contributed by atoms with Crippen LogP contribution in [0.25, 0.3) is 11.0 Å². The highest BCUT2D eigenvalue weighted by Gasteiger charge is 2.32. The maximum Gasteiger partial charge on any atom is 0.247 e. The van der Waals surface area contributed by atoms with E-state index in [0.29, 0.717) is 30.7 Å². The Kier molecular flexibility index (Phi) is 8.27. The van der Waals surface area contributed by atoms with Crippen molar-refractivity contribution in [1.29, 1.82) is 0 Å². The van der Waals surface area contributed by atoms with Crippen molar-refractivity contribution in [3.05, 3.63) is 95.3 Å². The molecule has 3 aromatic carbocycles. The van der Waals surface area contributed by atoms with Crippen LogP contribution in [-0.4, -0.2) is 57.5 Å². The minimum Gasteiger partial charge on any atom is -0.376 e. The number of carbonyl (C=O) groups excluding carboxylic acids is 2. The summed E-state index contributed by atoms with van der Waals surface area (Å²) in [4.78, 5) is 29.2. The highest BCUT2D eigenvalue weighted by atomic mass is 19.1. The number of rotatable bonds is 10. The molecular weight excluding hydrogens is 497 g/mol. The van der Waals surface area contributed by atoms with Gasteiger partial charge in [-0.1, -0.05) is 59.3 Å². The lowest BCUT2D eigenvalue weighted by molar-refractivity contribution is -0.141. The minimum absolute atomic E-state index is 0.0548. The van der Waals surface area contributed by atoms with Gasteiger partial charge in [0, 0.05) is 19.7 Å². The van der Waals surface area contributed by atoms with Gasteiger partial charge >= 0.3 is 0 Å². The number of hydrogen-bond acceptors (Lipinski definition) is 5. The second kappa shape index (κ2) is 12.2. The highest BCUT2D eigenvalue weighted by molar-refractivity contribution is 5.89. The zero-order valence-electron chi connectivity index (χ0n) is 21.9. The summed E-state index contributed by atoms with van der Waals surface area (Å²) in [5.41, 5.74) is 4.11. The van der Waals surface area contributed by atoms with E-state index in [1.54, 1.807) is 21.7 Å². The van der Waals surface area contributed by atoms with Gasteiger partial charge < -0.3 is 15.0 Å². The molecule has 1 N–H and O–H groups in total. The Hall–Kier alpha value is -4.11. The fourth-order valence-electron chi connectivity index (χ4n) is 5.00. The number of aryl methyl sites for hydroxylation is 1. The maximum absolute atomic E-state index is 13.9. The van der Waals surface area contributed by atoms with Crippen LogP contribution in [0.4, 0.5) is 4.39 Å². The van der Waals surface area contributed by atoms with Crippen LogP contribution in [0, 0.1) is 12.7 Å². The zero-order chi connectivity index (χ0) is 27.2. The average molecular weight is 530 g/mol. The lowest BCUT2D eigenvalue weighted by Crippen LogP contribution is -2.47. The molecule has 1 aromatic heterocycles. The first kappa shape index (κ1) is 26.5. The molecule has 1 aliphatic heterocycles. The molecule has 39 heavy (non-hydrogen) atoms. The standard InChI is InChI=1S/C30H32FN5O3/c1-21-6-4-7-22(18-21)15-16-35(28(37)20-36-27-10-3-2-9-26(27)33-34-36)29(23-11-13-24(31)14-12-23)30(38)32-19-25-8-5-17-39-25/h2-4,6-7,9-14,18,25,29H,5,8,15-17,19-20H2,1H3,(H,32,38)/t25-,29+/m1/s1. The van der Waals surface area contributed by atoms with Crippen LogP contribution < -0.4 is 5.32 Å². The molecule has 202 valence electrons. The topological polar surface area (TPSA) is 89.4 Å². The van der Waals surface area contributed by atoms with Crippen molar-refractivity contribution in [1.82, 2.24) is 25.2 Å². The van der Waals surface area contributed by atoms with Gasteiger partial charge in [0.25, 0.3) is 0 Å². The Morgan fingerprint density at radius 3 is 2.72 bits per heavy atom. The van der Waals surface area contributed by atoms with Crippen LogP contribution in [0.5, 0.6) is 0 Å². The van der Waals surface area contributed by atoms with Crippen LogP contribution in [0.2, 0.25) is 0 Å². The number of halogens is 1. The van der Waals surface area contributed by atoms with Crippen LogP contribution in [-0.2, 0) is 27.3 Å². The van der Waals surface area contributed by atoms with Gasteiger partial charge in [0.1, 0.15) is 23.9 Å². The van der Waals surface area contributed by atoms with Crippen molar-refractivity contribution in [2.75, 3.05) is 19.7 Å². The Morgan fingerprint density at radius 1 is 1.13 bits per heavy atom. The number of amides is 2. The van der Waals surface area contributed by atoms with Gasteiger partial charge in [-0.05, 0) is 61.6 Å². The third-order valence-corrected chi connectivity index (χ3v) is 7.02. The highest BCUT2D eigenvalue weighted by Crippen LogP contribution is 2.24. The summed E-state index contributed by atoms with van der Waals surface area (Å²) in [6.07, 6.45) is 2.31. The summed E-state index contributed by atoms with van der Waals surface area (Å²) in [6.45, 7) is 3.23. The van der Waals surface area contributed by atoms with E-state index >= 15 is 0 Å². The molecule has 8 nitrogen and oxygen atoms in total. The second-order valence-corrected chi connectivity index (χ2v) is 9.90. The molecule has 0 unspecified atom stereocenters. The van der Waals surface area contributed by atoms with Crippen LogP contribution >= 0.6 is 0 Å². The molecule has 5 rings (SSSR count). The van der Waals surface area contributed by atoms with Crippen molar-refractivity contribution in [2.24, 2.45) is 0 Å². The number of carbonyl (C=O) groups is 2. The molecule has 0 saturated carbocycles. The fraction of sp³-hybridized carbons (Fsp3) is 0.333. The first-order chi connectivity index (χ1) is 19.0. The van der Waals surface area contributed by atoms with Gasteiger partial charge in [0.2, 0.25) is 11.8 Å². The Morgan fingerprint density at radius 2 is 1.95 bits per heavy atom. The Balaban J connectivity index is 1.46. The van der Waals surface area contributed by atoms with E-state index in [1.807, 2.05) is 49.4 Å². The maximum atomic E-state index is 13.9. The van der Waals surface area contributed by atoms with Crippen molar-refractivity contribution in [3.8, 4) is 0 Å². The van der Waals surface area contributed by atoms with Crippen molar-refractivity contribution >= 4 is 22.8 Å². The molecule has 1 aliphatic rings. The molecule has 1 fully saturated rings.